The fraction of sp³-hybridized carbons (Fsp3) is 0.0833. The Bertz CT molecular complexity index is 565. The van der Waals surface area contributed by atoms with Crippen LogP contribution in [0, 0.1) is 11.6 Å². The molecule has 0 spiro atoms. The zero-order chi connectivity index (χ0) is 13.1. The third-order valence-corrected chi connectivity index (χ3v) is 3.87. The molecule has 1 N–H and O–H groups in total. The smallest absolute Gasteiger partial charge is 0.251 e. The van der Waals surface area contributed by atoms with Crippen LogP contribution in [0.25, 0.3) is 0 Å². The number of benzene rings is 1. The van der Waals surface area contributed by atoms with Crippen LogP contribution in [0.3, 0.4) is 0 Å². The molecule has 0 fully saturated rings. The number of halogens is 3. The van der Waals surface area contributed by atoms with Gasteiger partial charge in [-0.15, -0.1) is 11.3 Å². The highest BCUT2D eigenvalue weighted by Crippen LogP contribution is 2.19. The highest BCUT2D eigenvalue weighted by Gasteiger charge is 2.09. The van der Waals surface area contributed by atoms with E-state index in [1.54, 1.807) is 0 Å². The number of amides is 1. The second kappa shape index (κ2) is 5.58. The normalized spacial score (nSPS) is 10.4. The van der Waals surface area contributed by atoms with Crippen molar-refractivity contribution in [2.24, 2.45) is 0 Å². The van der Waals surface area contributed by atoms with Crippen molar-refractivity contribution in [1.29, 1.82) is 0 Å². The zero-order valence-electron chi connectivity index (χ0n) is 9.04. The van der Waals surface area contributed by atoms with Crippen LogP contribution < -0.4 is 5.32 Å². The molecule has 0 aliphatic carbocycles. The van der Waals surface area contributed by atoms with Gasteiger partial charge in [-0.1, -0.05) is 0 Å². The van der Waals surface area contributed by atoms with Crippen molar-refractivity contribution in [3.63, 3.8) is 0 Å². The maximum atomic E-state index is 12.9. The Labute approximate surface area is 115 Å². The van der Waals surface area contributed by atoms with E-state index in [9.17, 15) is 13.6 Å². The van der Waals surface area contributed by atoms with Gasteiger partial charge in [-0.3, -0.25) is 4.79 Å². The van der Waals surface area contributed by atoms with Crippen molar-refractivity contribution in [2.45, 2.75) is 6.54 Å². The fourth-order valence-electron chi connectivity index (χ4n) is 1.40. The third-order valence-electron chi connectivity index (χ3n) is 2.17. The lowest BCUT2D eigenvalue weighted by Gasteiger charge is -2.04. The summed E-state index contributed by atoms with van der Waals surface area (Å²) in [5, 5.41) is 4.49. The minimum Gasteiger partial charge on any atom is -0.347 e. The van der Waals surface area contributed by atoms with Crippen molar-refractivity contribution in [3.8, 4) is 0 Å². The van der Waals surface area contributed by atoms with Gasteiger partial charge < -0.3 is 5.32 Å². The van der Waals surface area contributed by atoms with E-state index >= 15 is 0 Å². The predicted molar refractivity (Wildman–Crippen MR) is 69.5 cm³/mol. The highest BCUT2D eigenvalue weighted by molar-refractivity contribution is 9.10. The standard InChI is InChI=1S/C12H8BrF2NOS/c13-8-3-11(18-6-8)5-16-12(17)7-1-9(14)4-10(15)2-7/h1-4,6H,5H2,(H,16,17). The monoisotopic (exact) mass is 331 g/mol. The summed E-state index contributed by atoms with van der Waals surface area (Å²) >= 11 is 4.78. The number of carbonyl (C=O) groups is 1. The Morgan fingerprint density at radius 3 is 2.44 bits per heavy atom. The van der Waals surface area contributed by atoms with Crippen LogP contribution in [-0.4, -0.2) is 5.91 Å². The molecule has 0 saturated heterocycles. The number of carbonyl (C=O) groups excluding carboxylic acids is 1. The molecule has 2 nitrogen and oxygen atoms in total. The molecule has 0 radical (unpaired) electrons. The zero-order valence-corrected chi connectivity index (χ0v) is 11.4. The minimum atomic E-state index is -0.765. The average molecular weight is 332 g/mol. The van der Waals surface area contributed by atoms with Crippen molar-refractivity contribution >= 4 is 33.2 Å². The number of hydrogen-bond donors (Lipinski definition) is 1. The lowest BCUT2D eigenvalue weighted by Crippen LogP contribution is -2.22. The summed E-state index contributed by atoms with van der Waals surface area (Å²) < 4.78 is 26.8. The minimum absolute atomic E-state index is 0.0249. The number of hydrogen-bond acceptors (Lipinski definition) is 2. The van der Waals surface area contributed by atoms with E-state index in [-0.39, 0.29) is 5.56 Å². The first-order valence-corrected chi connectivity index (χ1v) is 6.69. The molecule has 94 valence electrons. The lowest BCUT2D eigenvalue weighted by atomic mass is 10.2. The fourth-order valence-corrected chi connectivity index (χ4v) is 2.79. The van der Waals surface area contributed by atoms with Gasteiger partial charge in [-0.25, -0.2) is 8.78 Å². The van der Waals surface area contributed by atoms with Gasteiger partial charge in [0.1, 0.15) is 11.6 Å². The molecule has 1 aromatic carbocycles. The molecule has 0 aliphatic heterocycles. The van der Waals surface area contributed by atoms with Crippen LogP contribution >= 0.6 is 27.3 Å². The number of rotatable bonds is 3. The Morgan fingerprint density at radius 1 is 1.22 bits per heavy atom. The van der Waals surface area contributed by atoms with Gasteiger partial charge in [0.2, 0.25) is 0 Å². The Hall–Kier alpha value is -1.27. The molecule has 0 saturated carbocycles. The Kier molecular flexibility index (Phi) is 4.08. The molecule has 0 aliphatic rings. The van der Waals surface area contributed by atoms with Crippen LogP contribution in [0.1, 0.15) is 15.2 Å². The molecule has 2 rings (SSSR count). The summed E-state index contributed by atoms with van der Waals surface area (Å²) in [6, 6.07) is 4.61. The van der Waals surface area contributed by atoms with Gasteiger partial charge in [0.25, 0.3) is 5.91 Å². The van der Waals surface area contributed by atoms with Crippen LogP contribution in [-0.2, 0) is 6.54 Å². The van der Waals surface area contributed by atoms with Crippen molar-refractivity contribution in [3.05, 3.63) is 56.2 Å². The van der Waals surface area contributed by atoms with E-state index in [0.717, 1.165) is 27.5 Å². The average Bonchev–Trinajstić information content (AvgIpc) is 2.70. The van der Waals surface area contributed by atoms with Gasteiger partial charge in [-0.05, 0) is 34.1 Å². The quantitative estimate of drug-likeness (QED) is 0.912. The Balaban J connectivity index is 2.03. The third kappa shape index (κ3) is 3.36. The molecule has 0 atom stereocenters. The molecule has 1 amide bonds. The Morgan fingerprint density at radius 2 is 1.89 bits per heavy atom. The molecule has 6 heteroatoms. The van der Waals surface area contributed by atoms with E-state index in [1.807, 2.05) is 11.4 Å². The largest absolute Gasteiger partial charge is 0.347 e. The molecular weight excluding hydrogens is 324 g/mol. The molecule has 2 aromatic rings. The van der Waals surface area contributed by atoms with Crippen LogP contribution in [0.15, 0.2) is 34.1 Å². The lowest BCUT2D eigenvalue weighted by molar-refractivity contribution is 0.0950. The van der Waals surface area contributed by atoms with Crippen LogP contribution in [0.4, 0.5) is 8.78 Å². The van der Waals surface area contributed by atoms with E-state index in [1.165, 1.54) is 11.3 Å². The summed E-state index contributed by atoms with van der Waals surface area (Å²) in [4.78, 5) is 12.6. The maximum Gasteiger partial charge on any atom is 0.251 e. The summed E-state index contributed by atoms with van der Waals surface area (Å²) in [5.74, 6) is -2.03. The van der Waals surface area contributed by atoms with E-state index in [0.29, 0.717) is 6.54 Å². The number of thiophene rings is 1. The molecule has 18 heavy (non-hydrogen) atoms. The molecule has 0 unspecified atom stereocenters. The molecule has 1 aromatic heterocycles. The summed E-state index contributed by atoms with van der Waals surface area (Å²) in [6.07, 6.45) is 0. The van der Waals surface area contributed by atoms with Crippen molar-refractivity contribution in [1.82, 2.24) is 5.32 Å². The first kappa shape index (κ1) is 13.2. The van der Waals surface area contributed by atoms with Gasteiger partial charge in [0, 0.05) is 26.4 Å². The number of nitrogens with one attached hydrogen (secondary N) is 1. The summed E-state index contributed by atoms with van der Waals surface area (Å²) in [5.41, 5.74) is -0.0249. The molecule has 1 heterocycles. The van der Waals surface area contributed by atoms with Crippen molar-refractivity contribution in [2.75, 3.05) is 0 Å². The first-order chi connectivity index (χ1) is 8.54. The topological polar surface area (TPSA) is 29.1 Å². The second-order valence-corrected chi connectivity index (χ2v) is 5.48. The highest BCUT2D eigenvalue weighted by atomic mass is 79.9. The summed E-state index contributed by atoms with van der Waals surface area (Å²) in [7, 11) is 0. The predicted octanol–water partition coefficient (Wildman–Crippen LogP) is 3.72. The van der Waals surface area contributed by atoms with Gasteiger partial charge >= 0.3 is 0 Å². The van der Waals surface area contributed by atoms with Gasteiger partial charge in [0.15, 0.2) is 0 Å². The van der Waals surface area contributed by atoms with Crippen LogP contribution in [0.2, 0.25) is 0 Å². The molecule has 0 bridgehead atoms. The van der Waals surface area contributed by atoms with Crippen molar-refractivity contribution < 1.29 is 13.6 Å². The van der Waals surface area contributed by atoms with E-state index in [4.69, 9.17) is 0 Å². The second-order valence-electron chi connectivity index (χ2n) is 3.57. The van der Waals surface area contributed by atoms with E-state index < -0.39 is 17.5 Å². The van der Waals surface area contributed by atoms with Crippen LogP contribution in [0.5, 0.6) is 0 Å². The maximum absolute atomic E-state index is 12.9. The van der Waals surface area contributed by atoms with Gasteiger partial charge in [-0.2, -0.15) is 0 Å². The first-order valence-electron chi connectivity index (χ1n) is 5.02. The van der Waals surface area contributed by atoms with Gasteiger partial charge in [0.05, 0.1) is 6.54 Å². The van der Waals surface area contributed by atoms with E-state index in [2.05, 4.69) is 21.2 Å². The molecular formula is C12H8BrF2NOS. The summed E-state index contributed by atoms with van der Waals surface area (Å²) in [6.45, 7) is 0.327. The SMILES string of the molecule is O=C(NCc1cc(Br)cs1)c1cc(F)cc(F)c1.